The van der Waals surface area contributed by atoms with Crippen LogP contribution in [0.1, 0.15) is 35.8 Å². The Labute approximate surface area is 207 Å². The number of hydrogen-bond donors (Lipinski definition) is 3. The highest BCUT2D eigenvalue weighted by Gasteiger charge is 2.22. The molecule has 3 aromatic carbocycles. The maximum Gasteiger partial charge on any atom is 0.255 e. The Balaban J connectivity index is 0.00000408. The summed E-state index contributed by atoms with van der Waals surface area (Å²) >= 11 is 0. The number of carbonyl (C=O) groups excluding carboxylic acids is 1. The minimum Gasteiger partial charge on any atom is -0.484 e. The summed E-state index contributed by atoms with van der Waals surface area (Å²) in [6.07, 6.45) is -0.610. The van der Waals surface area contributed by atoms with Gasteiger partial charge in [-0.1, -0.05) is 72.8 Å². The molecule has 4 N–H and O–H groups in total. The van der Waals surface area contributed by atoms with E-state index in [1.54, 1.807) is 0 Å². The normalized spacial score (nSPS) is 13.5. The van der Waals surface area contributed by atoms with Gasteiger partial charge in [0.25, 0.3) is 5.91 Å². The highest BCUT2D eigenvalue weighted by atomic mass is 35.5. The van der Waals surface area contributed by atoms with Crippen molar-refractivity contribution >= 4 is 18.3 Å². The predicted molar refractivity (Wildman–Crippen MR) is 136 cm³/mol. The van der Waals surface area contributed by atoms with Gasteiger partial charge in [0.05, 0.1) is 12.2 Å². The minimum atomic E-state index is -0.666. The van der Waals surface area contributed by atoms with E-state index in [-0.39, 0.29) is 25.1 Å². The first-order valence-corrected chi connectivity index (χ1v) is 11.1. The quantitative estimate of drug-likeness (QED) is 0.364. The number of carbonyl (C=O) groups is 1. The standard InChI is InChI=1S/C27H32N2O4.ClH/c1-20(16-21-12-14-24(15-13-21)33-19-27(28)32)29(17-25(30)22-8-4-2-5-9-22)18-26(31)23-10-6-3-7-11-23;/h2-15,20,25-26,30-31H,16-19H2,1H3,(H2,28,32);1H/t20-,25-,26-;/m1./s1. The molecule has 0 bridgehead atoms. The highest BCUT2D eigenvalue weighted by Crippen LogP contribution is 2.22. The lowest BCUT2D eigenvalue weighted by molar-refractivity contribution is -0.119. The Morgan fingerprint density at radius 2 is 1.32 bits per heavy atom. The number of nitrogens with zero attached hydrogens (tertiary/aromatic N) is 1. The SMILES string of the molecule is C[C@H](Cc1ccc(OCC(N)=O)cc1)N(C[C@@H](O)c1ccccc1)C[C@@H](O)c1ccccc1.Cl. The number of nitrogens with two attached hydrogens (primary N) is 1. The maximum absolute atomic E-state index is 10.9. The molecule has 182 valence electrons. The molecule has 7 heteroatoms. The highest BCUT2D eigenvalue weighted by molar-refractivity contribution is 5.85. The van der Waals surface area contributed by atoms with Crippen LogP contribution in [0.4, 0.5) is 0 Å². The minimum absolute atomic E-state index is 0. The van der Waals surface area contributed by atoms with Crippen LogP contribution in [0, 0.1) is 0 Å². The van der Waals surface area contributed by atoms with Crippen molar-refractivity contribution in [2.75, 3.05) is 19.7 Å². The molecule has 3 aromatic rings. The van der Waals surface area contributed by atoms with Crippen molar-refractivity contribution in [3.63, 3.8) is 0 Å². The van der Waals surface area contributed by atoms with Crippen LogP contribution < -0.4 is 10.5 Å². The summed E-state index contributed by atoms with van der Waals surface area (Å²) in [6, 6.07) is 26.7. The molecule has 0 unspecified atom stereocenters. The summed E-state index contributed by atoms with van der Waals surface area (Å²) in [5, 5.41) is 21.7. The Morgan fingerprint density at radius 3 is 1.76 bits per heavy atom. The molecule has 34 heavy (non-hydrogen) atoms. The van der Waals surface area contributed by atoms with E-state index < -0.39 is 18.1 Å². The summed E-state index contributed by atoms with van der Waals surface area (Å²) in [7, 11) is 0. The number of aliphatic hydroxyl groups is 2. The first-order valence-electron chi connectivity index (χ1n) is 11.1. The van der Waals surface area contributed by atoms with Crippen LogP contribution in [0.5, 0.6) is 5.75 Å². The fraction of sp³-hybridized carbons (Fsp3) is 0.296. The summed E-state index contributed by atoms with van der Waals surface area (Å²) in [4.78, 5) is 13.0. The van der Waals surface area contributed by atoms with Gasteiger partial charge < -0.3 is 20.7 Å². The summed E-state index contributed by atoms with van der Waals surface area (Å²) in [5.41, 5.74) is 7.90. The van der Waals surface area contributed by atoms with E-state index in [0.29, 0.717) is 18.8 Å². The molecule has 0 aliphatic carbocycles. The monoisotopic (exact) mass is 484 g/mol. The van der Waals surface area contributed by atoms with Crippen molar-refractivity contribution in [1.82, 2.24) is 4.90 Å². The lowest BCUT2D eigenvalue weighted by Gasteiger charge is -2.33. The van der Waals surface area contributed by atoms with Gasteiger partial charge in [0, 0.05) is 19.1 Å². The molecular weight excluding hydrogens is 452 g/mol. The molecule has 0 spiro atoms. The molecule has 0 heterocycles. The van der Waals surface area contributed by atoms with Crippen LogP contribution in [0.3, 0.4) is 0 Å². The third kappa shape index (κ3) is 8.47. The van der Waals surface area contributed by atoms with Crippen LogP contribution in [-0.2, 0) is 11.2 Å². The van der Waals surface area contributed by atoms with Crippen molar-refractivity contribution in [1.29, 1.82) is 0 Å². The average Bonchev–Trinajstić information content (AvgIpc) is 2.84. The average molecular weight is 485 g/mol. The van der Waals surface area contributed by atoms with Crippen molar-refractivity contribution in [2.24, 2.45) is 5.73 Å². The summed E-state index contributed by atoms with van der Waals surface area (Å²) < 4.78 is 5.33. The molecule has 0 fully saturated rings. The first-order chi connectivity index (χ1) is 15.9. The lowest BCUT2D eigenvalue weighted by atomic mass is 10.0. The Hall–Kier alpha value is -2.90. The number of hydrogen-bond acceptors (Lipinski definition) is 5. The molecule has 1 amide bonds. The third-order valence-corrected chi connectivity index (χ3v) is 5.64. The van der Waals surface area contributed by atoms with Crippen LogP contribution in [-0.4, -0.2) is 46.8 Å². The van der Waals surface area contributed by atoms with Gasteiger partial charge in [-0.05, 0) is 42.2 Å². The van der Waals surface area contributed by atoms with Gasteiger partial charge in [-0.15, -0.1) is 12.4 Å². The van der Waals surface area contributed by atoms with E-state index in [1.165, 1.54) is 0 Å². The molecule has 3 rings (SSSR count). The van der Waals surface area contributed by atoms with E-state index in [2.05, 4.69) is 11.8 Å². The van der Waals surface area contributed by atoms with Crippen LogP contribution in [0.15, 0.2) is 84.9 Å². The zero-order chi connectivity index (χ0) is 23.6. The Bertz CT molecular complexity index is 939. The van der Waals surface area contributed by atoms with Gasteiger partial charge in [0.1, 0.15) is 5.75 Å². The van der Waals surface area contributed by atoms with Crippen molar-refractivity contribution < 1.29 is 19.7 Å². The van der Waals surface area contributed by atoms with E-state index in [1.807, 2.05) is 84.9 Å². The van der Waals surface area contributed by atoms with E-state index in [4.69, 9.17) is 10.5 Å². The molecule has 3 atom stereocenters. The van der Waals surface area contributed by atoms with Gasteiger partial charge in [-0.25, -0.2) is 0 Å². The van der Waals surface area contributed by atoms with Gasteiger partial charge in [0.15, 0.2) is 6.61 Å². The number of aliphatic hydroxyl groups excluding tert-OH is 2. The fourth-order valence-corrected chi connectivity index (χ4v) is 3.79. The number of rotatable bonds is 12. The van der Waals surface area contributed by atoms with E-state index in [0.717, 1.165) is 23.1 Å². The lowest BCUT2D eigenvalue weighted by Crippen LogP contribution is -2.40. The number of primary amides is 1. The van der Waals surface area contributed by atoms with E-state index >= 15 is 0 Å². The van der Waals surface area contributed by atoms with Gasteiger partial charge in [-0.2, -0.15) is 0 Å². The number of halogens is 1. The number of amides is 1. The fourth-order valence-electron chi connectivity index (χ4n) is 3.79. The number of benzene rings is 3. The zero-order valence-corrected chi connectivity index (χ0v) is 20.1. The third-order valence-electron chi connectivity index (χ3n) is 5.64. The molecule has 0 radical (unpaired) electrons. The number of ether oxygens (including phenoxy) is 1. The molecule has 6 nitrogen and oxygen atoms in total. The van der Waals surface area contributed by atoms with Gasteiger partial charge in [-0.3, -0.25) is 9.69 Å². The van der Waals surface area contributed by atoms with Gasteiger partial charge in [0.2, 0.25) is 0 Å². The second-order valence-electron chi connectivity index (χ2n) is 8.26. The molecular formula is C27H33ClN2O4. The van der Waals surface area contributed by atoms with Crippen LogP contribution in [0.2, 0.25) is 0 Å². The van der Waals surface area contributed by atoms with Crippen molar-refractivity contribution in [3.8, 4) is 5.75 Å². The second-order valence-corrected chi connectivity index (χ2v) is 8.26. The van der Waals surface area contributed by atoms with Crippen molar-refractivity contribution in [3.05, 3.63) is 102 Å². The molecule has 0 aliphatic heterocycles. The van der Waals surface area contributed by atoms with E-state index in [9.17, 15) is 15.0 Å². The zero-order valence-electron chi connectivity index (χ0n) is 19.3. The molecule has 0 saturated heterocycles. The first kappa shape index (κ1) is 27.3. The molecule has 0 saturated carbocycles. The molecule has 0 aromatic heterocycles. The molecule has 0 aliphatic rings. The maximum atomic E-state index is 10.9. The Morgan fingerprint density at radius 1 is 0.853 bits per heavy atom. The van der Waals surface area contributed by atoms with Crippen LogP contribution >= 0.6 is 12.4 Å². The summed E-state index contributed by atoms with van der Waals surface area (Å²) in [5.74, 6) is 0.0679. The Kier molecular flexibility index (Phi) is 11.0. The van der Waals surface area contributed by atoms with Crippen molar-refractivity contribution in [2.45, 2.75) is 31.6 Å². The van der Waals surface area contributed by atoms with Crippen LogP contribution in [0.25, 0.3) is 0 Å². The topological polar surface area (TPSA) is 96.0 Å². The largest absolute Gasteiger partial charge is 0.484 e. The second kappa shape index (κ2) is 13.7. The summed E-state index contributed by atoms with van der Waals surface area (Å²) in [6.45, 7) is 2.73. The van der Waals surface area contributed by atoms with Gasteiger partial charge >= 0.3 is 0 Å². The smallest absolute Gasteiger partial charge is 0.255 e. The predicted octanol–water partition coefficient (Wildman–Crippen LogP) is 3.67.